The molecule has 11 heteroatoms. The largest absolute Gasteiger partial charge is 0.457 e. The van der Waals surface area contributed by atoms with Crippen LogP contribution in [0, 0.1) is 0 Å². The summed E-state index contributed by atoms with van der Waals surface area (Å²) in [5.74, 6) is -1.41. The summed E-state index contributed by atoms with van der Waals surface area (Å²) in [6.07, 6.45) is -10.7. The Kier molecular flexibility index (Phi) is 6.67. The molecule has 0 radical (unpaired) electrons. The van der Waals surface area contributed by atoms with Gasteiger partial charge in [0.1, 0.15) is 30.5 Å². The number of rotatable bonds is 6. The minimum atomic E-state index is -4.11. The molecule has 0 saturated heterocycles. The molecule has 0 aromatic carbocycles. The maximum Gasteiger partial charge on any atom is 0.306 e. The summed E-state index contributed by atoms with van der Waals surface area (Å²) in [5.41, 5.74) is 0. The number of aliphatic hydroxyl groups excluding tert-OH is 5. The zero-order valence-electron chi connectivity index (χ0n) is 11.5. The molecule has 2 unspecified atom stereocenters. The molecule has 6 atom stereocenters. The topological polar surface area (TPSA) is 182 Å². The van der Waals surface area contributed by atoms with Gasteiger partial charge in [-0.25, -0.2) is 0 Å². The Morgan fingerprint density at radius 3 is 1.77 bits per heavy atom. The van der Waals surface area contributed by atoms with Crippen molar-refractivity contribution in [2.24, 2.45) is 0 Å². The molecular weight excluding hydrogens is 324 g/mol. The molecule has 0 spiro atoms. The highest BCUT2D eigenvalue weighted by atomic mass is 32.2. The molecule has 0 amide bonds. The normalized spacial score (nSPS) is 36.1. The van der Waals surface area contributed by atoms with Crippen molar-refractivity contribution in [3.05, 3.63) is 0 Å². The second-order valence-electron chi connectivity index (χ2n) is 5.15. The third-order valence-electron chi connectivity index (χ3n) is 3.37. The number of hydrogen-bond donors (Lipinski definition) is 6. The van der Waals surface area contributed by atoms with Crippen LogP contribution in [0.5, 0.6) is 0 Å². The summed E-state index contributed by atoms with van der Waals surface area (Å²) in [5, 5.41) is 47.6. The molecule has 0 heterocycles. The van der Waals surface area contributed by atoms with Gasteiger partial charge >= 0.3 is 5.97 Å². The van der Waals surface area contributed by atoms with Crippen molar-refractivity contribution in [1.29, 1.82) is 0 Å². The molecule has 1 aliphatic carbocycles. The van der Waals surface area contributed by atoms with Gasteiger partial charge < -0.3 is 30.3 Å². The summed E-state index contributed by atoms with van der Waals surface area (Å²) in [6, 6.07) is 0. The van der Waals surface area contributed by atoms with Gasteiger partial charge in [0.2, 0.25) is 0 Å². The van der Waals surface area contributed by atoms with Crippen LogP contribution in [-0.4, -0.2) is 86.8 Å². The van der Waals surface area contributed by atoms with E-state index in [1.165, 1.54) is 0 Å². The Labute approximate surface area is 126 Å². The first-order valence-corrected chi connectivity index (χ1v) is 8.20. The van der Waals surface area contributed by atoms with Crippen LogP contribution in [0.15, 0.2) is 0 Å². The van der Waals surface area contributed by atoms with E-state index in [0.717, 1.165) is 0 Å². The monoisotopic (exact) mass is 344 g/mol. The standard InChI is InChI=1S/C11H20O10S/c12-5(3-1-2-4-22(18,19)20)21-11-9(16)7(14)6(13)8(15)10(11)17/h6-11,13-17H,1-4H2,(H,18,19,20)/t6?,7-,8+,9+,10-,11?. The molecule has 0 aromatic heterocycles. The van der Waals surface area contributed by atoms with Gasteiger partial charge in [-0.15, -0.1) is 0 Å². The SMILES string of the molecule is O=C(CCCCS(=O)(=O)O)OC1[C@@H](O)[C@H](O)C(O)[C@H](O)[C@H]1O. The molecule has 0 aliphatic heterocycles. The Bertz CT molecular complexity index is 461. The predicted octanol–water partition coefficient (Wildman–Crippen LogP) is -3.23. The van der Waals surface area contributed by atoms with Gasteiger partial charge in [0.25, 0.3) is 10.1 Å². The average molecular weight is 344 g/mol. The number of esters is 1. The number of carbonyl (C=O) groups excluding carboxylic acids is 1. The summed E-state index contributed by atoms with van der Waals surface area (Å²) in [7, 11) is -4.11. The third-order valence-corrected chi connectivity index (χ3v) is 4.18. The summed E-state index contributed by atoms with van der Waals surface area (Å²) in [4.78, 5) is 11.5. The molecule has 22 heavy (non-hydrogen) atoms. The zero-order chi connectivity index (χ0) is 17.1. The molecule has 1 saturated carbocycles. The molecule has 6 N–H and O–H groups in total. The maximum atomic E-state index is 11.5. The molecule has 1 rings (SSSR count). The van der Waals surface area contributed by atoms with Crippen LogP contribution in [0.4, 0.5) is 0 Å². The quantitative estimate of drug-likeness (QED) is 0.163. The van der Waals surface area contributed by atoms with E-state index in [0.29, 0.717) is 0 Å². The van der Waals surface area contributed by atoms with Crippen LogP contribution in [0.25, 0.3) is 0 Å². The van der Waals surface area contributed by atoms with E-state index in [9.17, 15) is 38.7 Å². The second-order valence-corrected chi connectivity index (χ2v) is 6.72. The third kappa shape index (κ3) is 5.12. The lowest BCUT2D eigenvalue weighted by Gasteiger charge is -2.41. The van der Waals surface area contributed by atoms with Gasteiger partial charge in [0.15, 0.2) is 6.10 Å². The maximum absolute atomic E-state index is 11.5. The van der Waals surface area contributed by atoms with Gasteiger partial charge in [0.05, 0.1) is 5.75 Å². The van der Waals surface area contributed by atoms with Crippen molar-refractivity contribution in [2.45, 2.75) is 55.9 Å². The van der Waals surface area contributed by atoms with Crippen LogP contribution < -0.4 is 0 Å². The van der Waals surface area contributed by atoms with Gasteiger partial charge in [0, 0.05) is 6.42 Å². The Morgan fingerprint density at radius 1 is 0.864 bits per heavy atom. The fourth-order valence-corrected chi connectivity index (χ4v) is 2.67. The fourth-order valence-electron chi connectivity index (χ4n) is 2.10. The number of unbranched alkanes of at least 4 members (excludes halogenated alkanes) is 1. The van der Waals surface area contributed by atoms with Crippen molar-refractivity contribution >= 4 is 16.1 Å². The van der Waals surface area contributed by atoms with E-state index < -0.39 is 58.5 Å². The zero-order valence-corrected chi connectivity index (χ0v) is 12.3. The Balaban J connectivity index is 2.49. The van der Waals surface area contributed by atoms with Crippen LogP contribution in [0.1, 0.15) is 19.3 Å². The van der Waals surface area contributed by atoms with Crippen molar-refractivity contribution in [3.8, 4) is 0 Å². The van der Waals surface area contributed by atoms with Gasteiger partial charge in [-0.05, 0) is 12.8 Å². The van der Waals surface area contributed by atoms with Crippen LogP contribution in [0.3, 0.4) is 0 Å². The Hall–Kier alpha value is -0.820. The highest BCUT2D eigenvalue weighted by Gasteiger charge is 2.50. The average Bonchev–Trinajstić information content (AvgIpc) is 2.43. The first-order chi connectivity index (χ1) is 10.0. The van der Waals surface area contributed by atoms with Gasteiger partial charge in [-0.3, -0.25) is 9.35 Å². The number of ether oxygens (including phenoxy) is 1. The van der Waals surface area contributed by atoms with E-state index in [4.69, 9.17) is 9.29 Å². The molecule has 0 bridgehead atoms. The van der Waals surface area contributed by atoms with Gasteiger partial charge in [-0.1, -0.05) is 0 Å². The van der Waals surface area contributed by atoms with Crippen molar-refractivity contribution < 1.29 is 48.0 Å². The first-order valence-electron chi connectivity index (χ1n) is 6.59. The van der Waals surface area contributed by atoms with Crippen LogP contribution in [-0.2, 0) is 19.6 Å². The summed E-state index contributed by atoms with van der Waals surface area (Å²) < 4.78 is 34.2. The molecule has 1 fully saturated rings. The van der Waals surface area contributed by atoms with Crippen LogP contribution in [0.2, 0.25) is 0 Å². The fraction of sp³-hybridized carbons (Fsp3) is 0.909. The van der Waals surface area contributed by atoms with E-state index >= 15 is 0 Å². The Morgan fingerprint density at radius 2 is 1.32 bits per heavy atom. The highest BCUT2D eigenvalue weighted by molar-refractivity contribution is 7.85. The molecule has 0 aromatic rings. The highest BCUT2D eigenvalue weighted by Crippen LogP contribution is 2.24. The van der Waals surface area contributed by atoms with E-state index in [1.54, 1.807) is 0 Å². The number of aliphatic hydroxyl groups is 5. The minimum absolute atomic E-state index is 0.00761. The predicted molar refractivity (Wildman–Crippen MR) is 70.2 cm³/mol. The molecule has 10 nitrogen and oxygen atoms in total. The van der Waals surface area contributed by atoms with E-state index in [2.05, 4.69) is 0 Å². The van der Waals surface area contributed by atoms with Crippen LogP contribution >= 0.6 is 0 Å². The summed E-state index contributed by atoms with van der Waals surface area (Å²) in [6.45, 7) is 0. The molecule has 1 aliphatic rings. The van der Waals surface area contributed by atoms with Gasteiger partial charge in [-0.2, -0.15) is 8.42 Å². The lowest BCUT2D eigenvalue weighted by atomic mass is 9.85. The van der Waals surface area contributed by atoms with E-state index in [1.807, 2.05) is 0 Å². The second kappa shape index (κ2) is 7.64. The van der Waals surface area contributed by atoms with Crippen molar-refractivity contribution in [2.75, 3.05) is 5.75 Å². The molecule has 130 valence electrons. The number of carbonyl (C=O) groups is 1. The van der Waals surface area contributed by atoms with Crippen molar-refractivity contribution in [3.63, 3.8) is 0 Å². The summed E-state index contributed by atoms with van der Waals surface area (Å²) >= 11 is 0. The number of hydrogen-bond acceptors (Lipinski definition) is 9. The molecular formula is C11H20O10S. The minimum Gasteiger partial charge on any atom is -0.457 e. The lowest BCUT2D eigenvalue weighted by Crippen LogP contribution is -2.64. The lowest BCUT2D eigenvalue weighted by molar-refractivity contribution is -0.233. The first kappa shape index (κ1) is 19.2. The smallest absolute Gasteiger partial charge is 0.306 e. The van der Waals surface area contributed by atoms with Crippen molar-refractivity contribution in [1.82, 2.24) is 0 Å². The van der Waals surface area contributed by atoms with E-state index in [-0.39, 0.29) is 19.3 Å².